The maximum absolute atomic E-state index is 12.4. The Kier molecular flexibility index (Phi) is 7.55. The number of nitrogens with zero attached hydrogens (tertiary/aromatic N) is 2. The van der Waals surface area contributed by atoms with Crippen molar-refractivity contribution in [3.05, 3.63) is 47.0 Å². The molecule has 2 unspecified atom stereocenters. The van der Waals surface area contributed by atoms with Crippen LogP contribution < -0.4 is 5.32 Å². The predicted octanol–water partition coefficient (Wildman–Crippen LogP) is 3.42. The van der Waals surface area contributed by atoms with Gasteiger partial charge < -0.3 is 10.1 Å². The molecule has 10 heteroatoms. The Morgan fingerprint density at radius 2 is 1.52 bits per heavy atom. The van der Waals surface area contributed by atoms with E-state index in [1.54, 1.807) is 0 Å². The Morgan fingerprint density at radius 1 is 0.966 bits per heavy atom. The fourth-order valence-electron chi connectivity index (χ4n) is 3.74. The van der Waals surface area contributed by atoms with Crippen LogP contribution in [0.25, 0.3) is 0 Å². The van der Waals surface area contributed by atoms with Gasteiger partial charge >= 0.3 is 5.51 Å². The standard InChI is InChI=1S/C13H20F3N3OS.C6H4F2/c1-17-11-2-12(8-20-7-11)18-3-9-5-19(6-10(9)4-18)21-13(14,15)16;7-5-1-2-6(8)4-3-5/h11-12,17H,2-8H2,1H3;1-4H. The summed E-state index contributed by atoms with van der Waals surface area (Å²) >= 11 is 0.000396. The van der Waals surface area contributed by atoms with Crippen molar-refractivity contribution < 1.29 is 26.7 Å². The fourth-order valence-corrected chi connectivity index (χ4v) is 4.47. The maximum atomic E-state index is 12.4. The molecule has 0 aromatic heterocycles. The monoisotopic (exact) mass is 437 g/mol. The first-order chi connectivity index (χ1) is 13.7. The lowest BCUT2D eigenvalue weighted by Crippen LogP contribution is -2.48. The number of ether oxygens (including phenoxy) is 1. The average molecular weight is 437 g/mol. The Labute approximate surface area is 171 Å². The molecular formula is C19H24F5N3OS. The summed E-state index contributed by atoms with van der Waals surface area (Å²) in [5, 5.41) is 3.24. The van der Waals surface area contributed by atoms with Crippen molar-refractivity contribution >= 4 is 11.9 Å². The molecule has 0 spiro atoms. The predicted molar refractivity (Wildman–Crippen MR) is 102 cm³/mol. The molecule has 3 aliphatic heterocycles. The molecule has 2 atom stereocenters. The summed E-state index contributed by atoms with van der Waals surface area (Å²) in [7, 11) is 1.94. The number of likely N-dealkylation sites (N-methyl/N-ethyl adjacent to an activating group) is 1. The molecule has 4 nitrogen and oxygen atoms in total. The van der Waals surface area contributed by atoms with Crippen molar-refractivity contribution in [3.8, 4) is 0 Å². The zero-order valence-electron chi connectivity index (χ0n) is 16.0. The Bertz CT molecular complexity index is 674. The van der Waals surface area contributed by atoms with Gasteiger partial charge in [-0.05, 0) is 48.9 Å². The molecule has 3 aliphatic rings. The van der Waals surface area contributed by atoms with E-state index in [9.17, 15) is 22.0 Å². The minimum Gasteiger partial charge on any atom is -0.378 e. The van der Waals surface area contributed by atoms with Crippen molar-refractivity contribution in [2.24, 2.45) is 0 Å². The van der Waals surface area contributed by atoms with Crippen LogP contribution in [0.15, 0.2) is 35.4 Å². The molecule has 0 aliphatic carbocycles. The molecule has 1 saturated heterocycles. The Hall–Kier alpha value is -1.20. The number of hydrogen-bond donors (Lipinski definition) is 1. The van der Waals surface area contributed by atoms with Crippen LogP contribution >= 0.6 is 11.9 Å². The lowest BCUT2D eigenvalue weighted by atomic mass is 10.0. The molecule has 1 N–H and O–H groups in total. The Morgan fingerprint density at radius 3 is 2.00 bits per heavy atom. The van der Waals surface area contributed by atoms with E-state index >= 15 is 0 Å². The summed E-state index contributed by atoms with van der Waals surface area (Å²) in [4.78, 5) is 2.35. The lowest BCUT2D eigenvalue weighted by Gasteiger charge is -2.36. The molecule has 0 bridgehead atoms. The number of benzene rings is 1. The van der Waals surface area contributed by atoms with Gasteiger partial charge in [-0.1, -0.05) is 0 Å². The Balaban J connectivity index is 0.000000252. The van der Waals surface area contributed by atoms with Gasteiger partial charge in [0.25, 0.3) is 0 Å². The largest absolute Gasteiger partial charge is 0.456 e. The van der Waals surface area contributed by atoms with Crippen LogP contribution in [0.2, 0.25) is 0 Å². The molecule has 0 amide bonds. The van der Waals surface area contributed by atoms with E-state index in [2.05, 4.69) is 10.2 Å². The van der Waals surface area contributed by atoms with Crippen molar-refractivity contribution in [1.82, 2.24) is 14.5 Å². The molecule has 1 aromatic carbocycles. The van der Waals surface area contributed by atoms with Crippen molar-refractivity contribution in [2.45, 2.75) is 24.0 Å². The van der Waals surface area contributed by atoms with E-state index in [0.717, 1.165) is 57.0 Å². The summed E-state index contributed by atoms with van der Waals surface area (Å²) in [6.07, 6.45) is 1.04. The third kappa shape index (κ3) is 6.65. The highest BCUT2D eigenvalue weighted by atomic mass is 32.2. The first-order valence-electron chi connectivity index (χ1n) is 9.34. The molecule has 1 fully saturated rings. The van der Waals surface area contributed by atoms with E-state index in [4.69, 9.17) is 4.74 Å². The second-order valence-corrected chi connectivity index (χ2v) is 8.46. The highest BCUT2D eigenvalue weighted by molar-refractivity contribution is 7.97. The molecule has 162 valence electrons. The van der Waals surface area contributed by atoms with Crippen LogP contribution in [0.1, 0.15) is 6.42 Å². The fraction of sp³-hybridized carbons (Fsp3) is 0.579. The maximum Gasteiger partial charge on any atom is 0.456 e. The van der Waals surface area contributed by atoms with Gasteiger partial charge in [-0.25, -0.2) is 13.1 Å². The van der Waals surface area contributed by atoms with Crippen molar-refractivity contribution in [1.29, 1.82) is 0 Å². The van der Waals surface area contributed by atoms with Gasteiger partial charge in [-0.3, -0.25) is 4.90 Å². The first kappa shape index (κ1) is 22.5. The molecule has 4 rings (SSSR count). The third-order valence-corrected chi connectivity index (χ3v) is 5.89. The summed E-state index contributed by atoms with van der Waals surface area (Å²) in [6.45, 7) is 3.89. The quantitative estimate of drug-likeness (QED) is 0.445. The van der Waals surface area contributed by atoms with Gasteiger partial charge in [0.05, 0.1) is 13.2 Å². The van der Waals surface area contributed by atoms with Crippen LogP contribution in [0.5, 0.6) is 0 Å². The summed E-state index contributed by atoms with van der Waals surface area (Å²) < 4.78 is 68.1. The smallest absolute Gasteiger partial charge is 0.378 e. The number of hydrogen-bond acceptors (Lipinski definition) is 5. The molecule has 0 saturated carbocycles. The minimum absolute atomic E-state index is 0.000396. The van der Waals surface area contributed by atoms with Gasteiger partial charge in [-0.2, -0.15) is 13.2 Å². The second-order valence-electron chi connectivity index (χ2n) is 7.30. The molecule has 3 heterocycles. The van der Waals surface area contributed by atoms with Crippen molar-refractivity contribution in [3.63, 3.8) is 0 Å². The number of halogens is 5. The van der Waals surface area contributed by atoms with Crippen LogP contribution in [0, 0.1) is 11.6 Å². The van der Waals surface area contributed by atoms with Gasteiger partial charge in [0, 0.05) is 50.2 Å². The minimum atomic E-state index is -4.18. The van der Waals surface area contributed by atoms with Gasteiger partial charge in [0.15, 0.2) is 0 Å². The first-order valence-corrected chi connectivity index (χ1v) is 10.1. The summed E-state index contributed by atoms with van der Waals surface area (Å²) in [6, 6.07) is 5.05. The van der Waals surface area contributed by atoms with E-state index in [1.807, 2.05) is 7.05 Å². The highest BCUT2D eigenvalue weighted by Crippen LogP contribution is 2.39. The van der Waals surface area contributed by atoms with E-state index in [0.29, 0.717) is 25.2 Å². The summed E-state index contributed by atoms with van der Waals surface area (Å²) in [5.74, 6) is -0.821. The topological polar surface area (TPSA) is 27.7 Å². The molecule has 1 aromatic rings. The molecule has 0 radical (unpaired) electrons. The van der Waals surface area contributed by atoms with Crippen LogP contribution in [0.4, 0.5) is 22.0 Å². The second kappa shape index (κ2) is 9.74. The third-order valence-electron chi connectivity index (χ3n) is 5.17. The number of nitrogens with one attached hydrogen (secondary N) is 1. The van der Waals surface area contributed by atoms with Crippen LogP contribution in [-0.4, -0.2) is 73.2 Å². The number of rotatable bonds is 3. The lowest BCUT2D eigenvalue weighted by molar-refractivity contribution is -0.0359. The van der Waals surface area contributed by atoms with Gasteiger partial charge in [0.2, 0.25) is 0 Å². The van der Waals surface area contributed by atoms with Crippen LogP contribution in [0.3, 0.4) is 0 Å². The van der Waals surface area contributed by atoms with E-state index in [1.165, 1.54) is 15.5 Å². The van der Waals surface area contributed by atoms with Crippen molar-refractivity contribution in [2.75, 3.05) is 46.4 Å². The normalized spacial score (nSPS) is 25.7. The molecule has 29 heavy (non-hydrogen) atoms. The average Bonchev–Trinajstić information content (AvgIpc) is 3.22. The van der Waals surface area contributed by atoms with Gasteiger partial charge in [-0.15, -0.1) is 0 Å². The summed E-state index contributed by atoms with van der Waals surface area (Å²) in [5.41, 5.74) is -1.85. The SMILES string of the molecule is CNC1COCC(N2CC3=C(CN(SC(F)(F)F)C3)C2)C1.Fc1ccc(F)cc1. The van der Waals surface area contributed by atoms with E-state index in [-0.39, 0.29) is 11.9 Å². The van der Waals surface area contributed by atoms with E-state index < -0.39 is 17.1 Å². The highest BCUT2D eigenvalue weighted by Gasteiger charge is 2.39. The number of alkyl halides is 3. The molecular weight excluding hydrogens is 413 g/mol. The zero-order valence-corrected chi connectivity index (χ0v) is 16.8. The van der Waals surface area contributed by atoms with Crippen LogP contribution in [-0.2, 0) is 4.74 Å². The zero-order chi connectivity index (χ0) is 21.0. The van der Waals surface area contributed by atoms with Gasteiger partial charge in [0.1, 0.15) is 11.6 Å².